The summed E-state index contributed by atoms with van der Waals surface area (Å²) in [6.45, 7) is 2.36. The van der Waals surface area contributed by atoms with Crippen molar-refractivity contribution in [3.8, 4) is 11.3 Å². The van der Waals surface area contributed by atoms with Crippen LogP contribution in [0, 0.1) is 0 Å². The van der Waals surface area contributed by atoms with Gasteiger partial charge in [-0.05, 0) is 55.6 Å². The largest absolute Gasteiger partial charge is 0.441 e. The summed E-state index contributed by atoms with van der Waals surface area (Å²) < 4.78 is 32.8. The number of carbonyl (C=O) groups is 1. The van der Waals surface area contributed by atoms with E-state index < -0.39 is 10.0 Å². The molecule has 3 aromatic rings. The quantitative estimate of drug-likeness (QED) is 0.547. The zero-order valence-corrected chi connectivity index (χ0v) is 19.8. The first-order valence-electron chi connectivity index (χ1n) is 10.6. The second kappa shape index (κ2) is 10.0. The standard InChI is InChI=1S/C23H25ClN4O4S/c1-27-12-14-28(15-13-27)33(30,31)20-8-6-19(7-9-20)26-22(29)10-11-23-25-16-21(32-23)17-2-4-18(24)5-3-17/h2-9,16H,10-15H2,1H3,(H,26,29). The summed E-state index contributed by atoms with van der Waals surface area (Å²) in [6.07, 6.45) is 2.15. The molecule has 33 heavy (non-hydrogen) atoms. The molecule has 174 valence electrons. The molecular weight excluding hydrogens is 464 g/mol. The van der Waals surface area contributed by atoms with Crippen molar-refractivity contribution in [3.05, 3.63) is 65.6 Å². The molecule has 0 saturated carbocycles. The van der Waals surface area contributed by atoms with Gasteiger partial charge in [0.2, 0.25) is 15.9 Å². The van der Waals surface area contributed by atoms with Crippen LogP contribution < -0.4 is 5.32 Å². The minimum Gasteiger partial charge on any atom is -0.441 e. The van der Waals surface area contributed by atoms with Crippen LogP contribution in [0.15, 0.2) is 64.0 Å². The second-order valence-electron chi connectivity index (χ2n) is 7.91. The molecule has 2 aromatic carbocycles. The number of piperazine rings is 1. The Morgan fingerprint density at radius 3 is 2.39 bits per heavy atom. The average molecular weight is 489 g/mol. The normalized spacial score (nSPS) is 15.5. The Balaban J connectivity index is 1.31. The third-order valence-electron chi connectivity index (χ3n) is 5.49. The Hall–Kier alpha value is -2.72. The summed E-state index contributed by atoms with van der Waals surface area (Å²) in [6, 6.07) is 13.5. The lowest BCUT2D eigenvalue weighted by Crippen LogP contribution is -2.46. The van der Waals surface area contributed by atoms with Crippen molar-refractivity contribution in [3.63, 3.8) is 0 Å². The fourth-order valence-electron chi connectivity index (χ4n) is 3.51. The summed E-state index contributed by atoms with van der Waals surface area (Å²) >= 11 is 5.90. The molecule has 2 heterocycles. The predicted octanol–water partition coefficient (Wildman–Crippen LogP) is 3.50. The summed E-state index contributed by atoms with van der Waals surface area (Å²) in [4.78, 5) is 18.9. The number of aryl methyl sites for hydroxylation is 1. The Morgan fingerprint density at radius 2 is 1.73 bits per heavy atom. The number of nitrogens with one attached hydrogen (secondary N) is 1. The lowest BCUT2D eigenvalue weighted by atomic mass is 10.2. The van der Waals surface area contributed by atoms with Crippen LogP contribution in [0.4, 0.5) is 5.69 Å². The Bertz CT molecular complexity index is 1200. The number of halogens is 1. The van der Waals surface area contributed by atoms with Crippen LogP contribution in [0.1, 0.15) is 12.3 Å². The van der Waals surface area contributed by atoms with Crippen molar-refractivity contribution in [2.45, 2.75) is 17.7 Å². The van der Waals surface area contributed by atoms with Crippen LogP contribution >= 0.6 is 11.6 Å². The van der Waals surface area contributed by atoms with Gasteiger partial charge in [-0.2, -0.15) is 4.31 Å². The number of benzene rings is 2. The highest BCUT2D eigenvalue weighted by Crippen LogP contribution is 2.23. The summed E-state index contributed by atoms with van der Waals surface area (Å²) in [7, 11) is -1.56. The molecule has 1 saturated heterocycles. The molecule has 4 rings (SSSR count). The van der Waals surface area contributed by atoms with E-state index in [1.165, 1.54) is 16.4 Å². The minimum atomic E-state index is -3.53. The molecule has 1 aliphatic rings. The zero-order chi connectivity index (χ0) is 23.4. The molecule has 0 aliphatic carbocycles. The van der Waals surface area contributed by atoms with Gasteiger partial charge in [0.1, 0.15) is 0 Å². The number of hydrogen-bond acceptors (Lipinski definition) is 6. The van der Waals surface area contributed by atoms with Crippen LogP contribution in [0.25, 0.3) is 11.3 Å². The topological polar surface area (TPSA) is 95.8 Å². The number of oxazole rings is 1. The van der Waals surface area contributed by atoms with Gasteiger partial charge >= 0.3 is 0 Å². The second-order valence-corrected chi connectivity index (χ2v) is 10.3. The fraction of sp³-hybridized carbons (Fsp3) is 0.304. The number of sulfonamides is 1. The maximum Gasteiger partial charge on any atom is 0.243 e. The van der Waals surface area contributed by atoms with Crippen molar-refractivity contribution in [2.24, 2.45) is 0 Å². The average Bonchev–Trinajstić information content (AvgIpc) is 3.28. The summed E-state index contributed by atoms with van der Waals surface area (Å²) in [5.74, 6) is 0.860. The first kappa shape index (κ1) is 23.4. The van der Waals surface area contributed by atoms with E-state index in [0.717, 1.165) is 5.56 Å². The van der Waals surface area contributed by atoms with Gasteiger partial charge in [0.25, 0.3) is 0 Å². The zero-order valence-electron chi connectivity index (χ0n) is 18.2. The number of aromatic nitrogens is 1. The minimum absolute atomic E-state index is 0.182. The van der Waals surface area contributed by atoms with Gasteiger partial charge in [0.05, 0.1) is 11.1 Å². The molecule has 1 aromatic heterocycles. The van der Waals surface area contributed by atoms with E-state index in [1.54, 1.807) is 30.5 Å². The molecule has 0 atom stereocenters. The van der Waals surface area contributed by atoms with E-state index in [1.807, 2.05) is 19.2 Å². The first-order valence-corrected chi connectivity index (χ1v) is 12.4. The van der Waals surface area contributed by atoms with Gasteiger partial charge in [0.15, 0.2) is 11.7 Å². The molecule has 0 bridgehead atoms. The van der Waals surface area contributed by atoms with E-state index in [9.17, 15) is 13.2 Å². The van der Waals surface area contributed by atoms with Crippen LogP contribution in [0.5, 0.6) is 0 Å². The number of rotatable bonds is 7. The Kier molecular flexibility index (Phi) is 7.14. The predicted molar refractivity (Wildman–Crippen MR) is 127 cm³/mol. The van der Waals surface area contributed by atoms with Crippen molar-refractivity contribution in [1.29, 1.82) is 0 Å². The van der Waals surface area contributed by atoms with Gasteiger partial charge in [-0.15, -0.1) is 0 Å². The number of hydrogen-bond donors (Lipinski definition) is 1. The van der Waals surface area contributed by atoms with Crippen molar-refractivity contribution in [2.75, 3.05) is 38.5 Å². The van der Waals surface area contributed by atoms with Crippen LogP contribution in [-0.4, -0.2) is 61.7 Å². The van der Waals surface area contributed by atoms with E-state index in [4.69, 9.17) is 16.0 Å². The van der Waals surface area contributed by atoms with Crippen LogP contribution in [-0.2, 0) is 21.2 Å². The third kappa shape index (κ3) is 5.80. The number of anilines is 1. The highest BCUT2D eigenvalue weighted by Gasteiger charge is 2.27. The van der Waals surface area contributed by atoms with Gasteiger partial charge in [0, 0.05) is 55.3 Å². The number of carbonyl (C=O) groups excluding carboxylic acids is 1. The van der Waals surface area contributed by atoms with Gasteiger partial charge in [-0.1, -0.05) is 11.6 Å². The molecule has 1 amide bonds. The molecule has 0 spiro atoms. The van der Waals surface area contributed by atoms with Crippen molar-refractivity contribution >= 4 is 33.2 Å². The molecule has 10 heteroatoms. The van der Waals surface area contributed by atoms with E-state index >= 15 is 0 Å². The molecule has 0 radical (unpaired) electrons. The van der Waals surface area contributed by atoms with Crippen LogP contribution in [0.2, 0.25) is 5.02 Å². The first-order chi connectivity index (χ1) is 15.8. The number of amides is 1. The molecule has 0 unspecified atom stereocenters. The molecule has 1 aliphatic heterocycles. The highest BCUT2D eigenvalue weighted by atomic mass is 35.5. The number of likely N-dealkylation sites (N-methyl/N-ethyl adjacent to an activating group) is 1. The van der Waals surface area contributed by atoms with E-state index in [2.05, 4.69) is 15.2 Å². The molecular formula is C23H25ClN4O4S. The van der Waals surface area contributed by atoms with Gasteiger partial charge in [-0.25, -0.2) is 13.4 Å². The summed E-state index contributed by atoms with van der Waals surface area (Å²) in [5, 5.41) is 3.42. The fourth-order valence-corrected chi connectivity index (χ4v) is 5.05. The number of nitrogens with zero attached hydrogens (tertiary/aromatic N) is 3. The summed E-state index contributed by atoms with van der Waals surface area (Å²) in [5.41, 5.74) is 1.39. The van der Waals surface area contributed by atoms with E-state index in [0.29, 0.717) is 55.0 Å². The third-order valence-corrected chi connectivity index (χ3v) is 7.65. The van der Waals surface area contributed by atoms with Crippen molar-refractivity contribution < 1.29 is 17.6 Å². The SMILES string of the molecule is CN1CCN(S(=O)(=O)c2ccc(NC(=O)CCc3ncc(-c4ccc(Cl)cc4)o3)cc2)CC1. The van der Waals surface area contributed by atoms with Gasteiger partial charge < -0.3 is 14.6 Å². The maximum absolute atomic E-state index is 12.8. The lowest BCUT2D eigenvalue weighted by Gasteiger charge is -2.31. The maximum atomic E-state index is 12.8. The molecule has 1 fully saturated rings. The van der Waals surface area contributed by atoms with Crippen molar-refractivity contribution in [1.82, 2.24) is 14.2 Å². The Labute approximate surface area is 198 Å². The Morgan fingerprint density at radius 1 is 1.06 bits per heavy atom. The molecule has 8 nitrogen and oxygen atoms in total. The van der Waals surface area contributed by atoms with Gasteiger partial charge in [-0.3, -0.25) is 4.79 Å². The molecule has 1 N–H and O–H groups in total. The smallest absolute Gasteiger partial charge is 0.243 e. The highest BCUT2D eigenvalue weighted by molar-refractivity contribution is 7.89. The lowest BCUT2D eigenvalue weighted by molar-refractivity contribution is -0.116. The monoisotopic (exact) mass is 488 g/mol. The van der Waals surface area contributed by atoms with Crippen LogP contribution in [0.3, 0.4) is 0 Å². The van der Waals surface area contributed by atoms with E-state index in [-0.39, 0.29) is 17.2 Å².